The molecule has 0 aliphatic rings. The van der Waals surface area contributed by atoms with Crippen LogP contribution in [0.25, 0.3) is 0 Å². The van der Waals surface area contributed by atoms with Gasteiger partial charge in [-0.2, -0.15) is 0 Å². The number of hydrogen-bond donors (Lipinski definition) is 1. The lowest BCUT2D eigenvalue weighted by Gasteiger charge is -2.21. The summed E-state index contributed by atoms with van der Waals surface area (Å²) in [5.41, 5.74) is 5.45. The molecule has 1 atom stereocenters. The first-order valence-electron chi connectivity index (χ1n) is 6.78. The SMILES string of the molecule is CC(CCCN)C(=O)N(C)CCOc1ccccc1. The first-order chi connectivity index (χ1) is 9.15. The van der Waals surface area contributed by atoms with Crippen molar-refractivity contribution in [2.75, 3.05) is 26.7 Å². The van der Waals surface area contributed by atoms with Gasteiger partial charge in [0.2, 0.25) is 5.91 Å². The van der Waals surface area contributed by atoms with Gasteiger partial charge in [0.1, 0.15) is 12.4 Å². The molecule has 4 nitrogen and oxygen atoms in total. The Balaban J connectivity index is 2.26. The van der Waals surface area contributed by atoms with Crippen LogP contribution in [0.2, 0.25) is 0 Å². The van der Waals surface area contributed by atoms with Gasteiger partial charge in [-0.05, 0) is 31.5 Å². The number of likely N-dealkylation sites (N-methyl/N-ethyl adjacent to an activating group) is 1. The number of benzene rings is 1. The van der Waals surface area contributed by atoms with Gasteiger partial charge in [-0.1, -0.05) is 25.1 Å². The smallest absolute Gasteiger partial charge is 0.225 e. The van der Waals surface area contributed by atoms with Crippen LogP contribution >= 0.6 is 0 Å². The topological polar surface area (TPSA) is 55.6 Å². The zero-order valence-corrected chi connectivity index (χ0v) is 11.8. The quantitative estimate of drug-likeness (QED) is 0.780. The summed E-state index contributed by atoms with van der Waals surface area (Å²) in [6.07, 6.45) is 1.74. The number of hydrogen-bond acceptors (Lipinski definition) is 3. The minimum atomic E-state index is 0.0327. The molecule has 2 N–H and O–H groups in total. The van der Waals surface area contributed by atoms with E-state index in [-0.39, 0.29) is 11.8 Å². The van der Waals surface area contributed by atoms with E-state index in [1.165, 1.54) is 0 Å². The Labute approximate surface area is 115 Å². The molecular weight excluding hydrogens is 240 g/mol. The third-order valence-electron chi connectivity index (χ3n) is 3.08. The average molecular weight is 264 g/mol. The number of carbonyl (C=O) groups is 1. The number of amides is 1. The highest BCUT2D eigenvalue weighted by Crippen LogP contribution is 2.10. The molecule has 1 amide bonds. The Hall–Kier alpha value is -1.55. The van der Waals surface area contributed by atoms with E-state index >= 15 is 0 Å². The molecule has 0 saturated carbocycles. The van der Waals surface area contributed by atoms with E-state index in [2.05, 4.69) is 0 Å². The van der Waals surface area contributed by atoms with Gasteiger partial charge in [0.25, 0.3) is 0 Å². The maximum absolute atomic E-state index is 12.0. The number of carbonyl (C=O) groups excluding carboxylic acids is 1. The molecule has 106 valence electrons. The van der Waals surface area contributed by atoms with Crippen molar-refractivity contribution >= 4 is 5.91 Å². The van der Waals surface area contributed by atoms with Gasteiger partial charge in [0.15, 0.2) is 0 Å². The maximum atomic E-state index is 12.0. The summed E-state index contributed by atoms with van der Waals surface area (Å²) in [6, 6.07) is 9.62. The molecule has 4 heteroatoms. The highest BCUT2D eigenvalue weighted by molar-refractivity contribution is 5.78. The summed E-state index contributed by atoms with van der Waals surface area (Å²) in [4.78, 5) is 13.7. The third-order valence-corrected chi connectivity index (χ3v) is 3.08. The fourth-order valence-corrected chi connectivity index (χ4v) is 1.85. The largest absolute Gasteiger partial charge is 0.492 e. The van der Waals surface area contributed by atoms with E-state index in [1.807, 2.05) is 44.3 Å². The highest BCUT2D eigenvalue weighted by Gasteiger charge is 2.16. The van der Waals surface area contributed by atoms with Crippen molar-refractivity contribution in [1.29, 1.82) is 0 Å². The Kier molecular flexibility index (Phi) is 6.97. The first-order valence-corrected chi connectivity index (χ1v) is 6.78. The summed E-state index contributed by atoms with van der Waals surface area (Å²) >= 11 is 0. The molecule has 0 spiro atoms. The normalized spacial score (nSPS) is 11.9. The van der Waals surface area contributed by atoms with Crippen LogP contribution in [0.4, 0.5) is 0 Å². The summed E-state index contributed by atoms with van der Waals surface area (Å²) in [6.45, 7) is 3.70. The molecule has 1 unspecified atom stereocenters. The van der Waals surface area contributed by atoms with E-state index in [0.717, 1.165) is 18.6 Å². The zero-order valence-electron chi connectivity index (χ0n) is 11.8. The van der Waals surface area contributed by atoms with E-state index in [9.17, 15) is 4.79 Å². The lowest BCUT2D eigenvalue weighted by atomic mass is 10.0. The predicted molar refractivity (Wildman–Crippen MR) is 77.0 cm³/mol. The van der Waals surface area contributed by atoms with Crippen molar-refractivity contribution in [3.8, 4) is 5.75 Å². The molecule has 0 aliphatic carbocycles. The van der Waals surface area contributed by atoms with Crippen LogP contribution in [0.1, 0.15) is 19.8 Å². The lowest BCUT2D eigenvalue weighted by Crippen LogP contribution is -2.35. The van der Waals surface area contributed by atoms with E-state index in [1.54, 1.807) is 4.90 Å². The predicted octanol–water partition coefficient (Wildman–Crippen LogP) is 1.90. The summed E-state index contributed by atoms with van der Waals surface area (Å²) in [5, 5.41) is 0. The number of para-hydroxylation sites is 1. The number of nitrogens with zero attached hydrogens (tertiary/aromatic N) is 1. The summed E-state index contributed by atoms with van der Waals surface area (Å²) in [5.74, 6) is 1.02. The number of nitrogens with two attached hydrogens (primary N) is 1. The molecule has 1 aromatic carbocycles. The van der Waals surface area contributed by atoms with Crippen LogP contribution in [0.5, 0.6) is 5.75 Å². The summed E-state index contributed by atoms with van der Waals surface area (Å²) in [7, 11) is 1.82. The number of ether oxygens (including phenoxy) is 1. The average Bonchev–Trinajstić information content (AvgIpc) is 2.44. The van der Waals surface area contributed by atoms with Crippen LogP contribution in [-0.4, -0.2) is 37.6 Å². The Morgan fingerprint density at radius 3 is 2.68 bits per heavy atom. The van der Waals surface area contributed by atoms with Gasteiger partial charge in [0, 0.05) is 13.0 Å². The zero-order chi connectivity index (χ0) is 14.1. The molecule has 0 saturated heterocycles. The fourth-order valence-electron chi connectivity index (χ4n) is 1.85. The van der Waals surface area contributed by atoms with Gasteiger partial charge in [-0.25, -0.2) is 0 Å². The van der Waals surface area contributed by atoms with Crippen LogP contribution in [0.15, 0.2) is 30.3 Å². The summed E-state index contributed by atoms with van der Waals surface area (Å²) < 4.78 is 5.57. The van der Waals surface area contributed by atoms with Crippen molar-refractivity contribution in [2.24, 2.45) is 11.7 Å². The molecule has 1 rings (SSSR count). The van der Waals surface area contributed by atoms with Crippen molar-refractivity contribution < 1.29 is 9.53 Å². The van der Waals surface area contributed by atoms with Crippen molar-refractivity contribution in [3.05, 3.63) is 30.3 Å². The van der Waals surface area contributed by atoms with Crippen LogP contribution < -0.4 is 10.5 Å². The van der Waals surface area contributed by atoms with Gasteiger partial charge in [-0.15, -0.1) is 0 Å². The Morgan fingerprint density at radius 1 is 1.37 bits per heavy atom. The molecular formula is C15H24N2O2. The van der Waals surface area contributed by atoms with E-state index < -0.39 is 0 Å². The van der Waals surface area contributed by atoms with Crippen molar-refractivity contribution in [2.45, 2.75) is 19.8 Å². The van der Waals surface area contributed by atoms with Crippen LogP contribution in [0.3, 0.4) is 0 Å². The van der Waals surface area contributed by atoms with E-state index in [0.29, 0.717) is 19.7 Å². The highest BCUT2D eigenvalue weighted by atomic mass is 16.5. The lowest BCUT2D eigenvalue weighted by molar-refractivity contribution is -0.134. The molecule has 0 fully saturated rings. The van der Waals surface area contributed by atoms with Gasteiger partial charge in [0.05, 0.1) is 6.54 Å². The minimum absolute atomic E-state index is 0.0327. The monoisotopic (exact) mass is 264 g/mol. The molecule has 19 heavy (non-hydrogen) atoms. The first kappa shape index (κ1) is 15.5. The van der Waals surface area contributed by atoms with Gasteiger partial charge >= 0.3 is 0 Å². The molecule has 0 aliphatic heterocycles. The standard InChI is InChI=1S/C15H24N2O2/c1-13(7-6-10-16)15(18)17(2)11-12-19-14-8-4-3-5-9-14/h3-5,8-9,13H,6-7,10-12,16H2,1-2H3. The van der Waals surface area contributed by atoms with Crippen LogP contribution in [0, 0.1) is 5.92 Å². The van der Waals surface area contributed by atoms with Gasteiger partial charge in [-0.3, -0.25) is 4.79 Å². The Morgan fingerprint density at radius 2 is 2.05 bits per heavy atom. The second-order valence-electron chi connectivity index (χ2n) is 4.75. The third kappa shape index (κ3) is 5.75. The van der Waals surface area contributed by atoms with Crippen molar-refractivity contribution in [3.63, 3.8) is 0 Å². The molecule has 0 aromatic heterocycles. The molecule has 1 aromatic rings. The minimum Gasteiger partial charge on any atom is -0.492 e. The second kappa shape index (κ2) is 8.53. The second-order valence-corrected chi connectivity index (χ2v) is 4.75. The van der Waals surface area contributed by atoms with Gasteiger partial charge < -0.3 is 15.4 Å². The molecule has 0 heterocycles. The molecule has 0 radical (unpaired) electrons. The fraction of sp³-hybridized carbons (Fsp3) is 0.533. The van der Waals surface area contributed by atoms with Crippen molar-refractivity contribution in [1.82, 2.24) is 4.90 Å². The maximum Gasteiger partial charge on any atom is 0.225 e. The molecule has 0 bridgehead atoms. The van der Waals surface area contributed by atoms with Crippen LogP contribution in [-0.2, 0) is 4.79 Å². The number of rotatable bonds is 8. The Bertz CT molecular complexity index is 368. The van der Waals surface area contributed by atoms with E-state index in [4.69, 9.17) is 10.5 Å².